The predicted octanol–water partition coefficient (Wildman–Crippen LogP) is 3.28. The zero-order chi connectivity index (χ0) is 22.8. The molecule has 1 fully saturated rings. The first-order valence-corrected chi connectivity index (χ1v) is 11.8. The van der Waals surface area contributed by atoms with Crippen LogP contribution in [0.2, 0.25) is 0 Å². The number of aryl methyl sites for hydroxylation is 1. The molecule has 0 atom stereocenters. The highest BCUT2D eigenvalue weighted by Crippen LogP contribution is 2.21. The Balaban J connectivity index is 1.27. The van der Waals surface area contributed by atoms with Crippen LogP contribution < -0.4 is 5.32 Å². The number of carbonyl (C=O) groups excluding carboxylic acids is 2. The van der Waals surface area contributed by atoms with E-state index in [1.54, 1.807) is 42.1 Å². The number of hydrogen-bond donors (Lipinski definition) is 1. The third-order valence-electron chi connectivity index (χ3n) is 5.91. The number of rotatable bonds is 5. The fraction of sp³-hybridized carbons (Fsp3) is 0.292. The molecule has 8 nitrogen and oxygen atoms in total. The summed E-state index contributed by atoms with van der Waals surface area (Å²) >= 11 is 1.67. The van der Waals surface area contributed by atoms with E-state index in [-0.39, 0.29) is 17.9 Å². The molecule has 0 aromatic carbocycles. The maximum absolute atomic E-state index is 13.2. The minimum atomic E-state index is -0.125. The first-order valence-electron chi connectivity index (χ1n) is 10.9. The van der Waals surface area contributed by atoms with Gasteiger partial charge in [0.25, 0.3) is 11.8 Å². The van der Waals surface area contributed by atoms with Crippen molar-refractivity contribution in [1.82, 2.24) is 30.0 Å². The molecule has 33 heavy (non-hydrogen) atoms. The molecule has 168 valence electrons. The molecule has 5 heterocycles. The lowest BCUT2D eigenvalue weighted by molar-refractivity contribution is 0.0698. The molecule has 0 saturated carbocycles. The van der Waals surface area contributed by atoms with E-state index >= 15 is 0 Å². The highest BCUT2D eigenvalue weighted by molar-refractivity contribution is 7.09. The largest absolute Gasteiger partial charge is 0.349 e. The number of nitrogens with zero attached hydrogens (tertiary/aromatic N) is 5. The topological polar surface area (TPSA) is 93.0 Å². The Morgan fingerprint density at radius 3 is 2.70 bits per heavy atom. The Bertz CT molecular complexity index is 1280. The van der Waals surface area contributed by atoms with Gasteiger partial charge >= 0.3 is 0 Å². The summed E-state index contributed by atoms with van der Waals surface area (Å²) < 4.78 is 1.84. The molecular formula is C24H24N6O2S. The number of pyridine rings is 2. The Morgan fingerprint density at radius 2 is 1.97 bits per heavy atom. The standard InChI is InChI=1S/C24H24N6O2S/c1-16-13-20(21-14-26-30(22(21)27-16)15-19-3-2-12-33-19)23(31)28-18-6-10-29(11-7-18)24(32)17-4-8-25-9-5-17/h2-5,8-9,12-14,18H,6-7,10-11,15H2,1H3,(H,28,31). The maximum Gasteiger partial charge on any atom is 0.253 e. The molecule has 1 aliphatic rings. The average Bonchev–Trinajstić information content (AvgIpc) is 3.50. The van der Waals surface area contributed by atoms with Crippen molar-refractivity contribution in [3.63, 3.8) is 0 Å². The van der Waals surface area contributed by atoms with Gasteiger partial charge in [-0.15, -0.1) is 11.3 Å². The summed E-state index contributed by atoms with van der Waals surface area (Å²) in [6, 6.07) is 9.37. The van der Waals surface area contributed by atoms with Gasteiger partial charge in [0, 0.05) is 47.7 Å². The molecule has 1 saturated heterocycles. The van der Waals surface area contributed by atoms with Gasteiger partial charge in [-0.1, -0.05) is 6.07 Å². The quantitative estimate of drug-likeness (QED) is 0.493. The summed E-state index contributed by atoms with van der Waals surface area (Å²) in [5.74, 6) is -0.119. The molecule has 0 bridgehead atoms. The van der Waals surface area contributed by atoms with Crippen LogP contribution >= 0.6 is 11.3 Å². The number of nitrogens with one attached hydrogen (secondary N) is 1. The van der Waals surface area contributed by atoms with Crippen LogP contribution in [-0.2, 0) is 6.54 Å². The number of amides is 2. The van der Waals surface area contributed by atoms with E-state index in [4.69, 9.17) is 0 Å². The molecular weight excluding hydrogens is 436 g/mol. The number of aromatic nitrogens is 4. The summed E-state index contributed by atoms with van der Waals surface area (Å²) in [6.07, 6.45) is 6.40. The average molecular weight is 461 g/mol. The Hall–Kier alpha value is -3.59. The van der Waals surface area contributed by atoms with Gasteiger partial charge in [0.15, 0.2) is 5.65 Å². The number of piperidine rings is 1. The maximum atomic E-state index is 13.2. The zero-order valence-electron chi connectivity index (χ0n) is 18.3. The van der Waals surface area contributed by atoms with Crippen LogP contribution in [0.25, 0.3) is 11.0 Å². The van der Waals surface area contributed by atoms with E-state index < -0.39 is 0 Å². The number of carbonyl (C=O) groups is 2. The fourth-order valence-electron chi connectivity index (χ4n) is 4.19. The highest BCUT2D eigenvalue weighted by atomic mass is 32.1. The molecule has 0 spiro atoms. The zero-order valence-corrected chi connectivity index (χ0v) is 19.1. The van der Waals surface area contributed by atoms with E-state index in [9.17, 15) is 9.59 Å². The van der Waals surface area contributed by atoms with Crippen molar-refractivity contribution in [2.75, 3.05) is 13.1 Å². The van der Waals surface area contributed by atoms with Gasteiger partial charge in [-0.3, -0.25) is 14.6 Å². The van der Waals surface area contributed by atoms with Gasteiger partial charge in [-0.25, -0.2) is 9.67 Å². The second-order valence-electron chi connectivity index (χ2n) is 8.21. The highest BCUT2D eigenvalue weighted by Gasteiger charge is 2.26. The van der Waals surface area contributed by atoms with E-state index in [2.05, 4.69) is 26.4 Å². The van der Waals surface area contributed by atoms with Crippen molar-refractivity contribution in [2.45, 2.75) is 32.4 Å². The lowest BCUT2D eigenvalue weighted by Crippen LogP contribution is -2.46. The van der Waals surface area contributed by atoms with Gasteiger partial charge in [0.1, 0.15) is 0 Å². The van der Waals surface area contributed by atoms with Crippen LogP contribution in [0.5, 0.6) is 0 Å². The summed E-state index contributed by atoms with van der Waals surface area (Å²) in [7, 11) is 0. The van der Waals surface area contributed by atoms with Crippen LogP contribution in [-0.4, -0.2) is 55.6 Å². The van der Waals surface area contributed by atoms with Gasteiger partial charge in [-0.05, 0) is 49.4 Å². The number of thiophene rings is 1. The number of likely N-dealkylation sites (tertiary alicyclic amines) is 1. The van der Waals surface area contributed by atoms with E-state index in [0.29, 0.717) is 49.2 Å². The number of fused-ring (bicyclic) bond motifs is 1. The first-order chi connectivity index (χ1) is 16.1. The Kier molecular flexibility index (Phi) is 5.87. The molecule has 4 aromatic rings. The Labute approximate surface area is 195 Å². The van der Waals surface area contributed by atoms with Gasteiger partial charge in [-0.2, -0.15) is 5.10 Å². The van der Waals surface area contributed by atoms with Gasteiger partial charge < -0.3 is 10.2 Å². The summed E-state index contributed by atoms with van der Waals surface area (Å²) in [5.41, 5.74) is 2.72. The molecule has 0 aliphatic carbocycles. The van der Waals surface area contributed by atoms with Crippen molar-refractivity contribution in [3.8, 4) is 0 Å². The molecule has 9 heteroatoms. The van der Waals surface area contributed by atoms with Crippen LogP contribution in [0, 0.1) is 6.92 Å². The molecule has 5 rings (SSSR count). The third-order valence-corrected chi connectivity index (χ3v) is 6.77. The summed E-state index contributed by atoms with van der Waals surface area (Å²) in [6.45, 7) is 3.73. The summed E-state index contributed by atoms with van der Waals surface area (Å²) in [5, 5.41) is 10.4. The van der Waals surface area contributed by atoms with Crippen molar-refractivity contribution in [2.24, 2.45) is 0 Å². The van der Waals surface area contributed by atoms with Gasteiger partial charge in [0.05, 0.1) is 23.7 Å². The van der Waals surface area contributed by atoms with Crippen LogP contribution in [0.4, 0.5) is 0 Å². The molecule has 0 unspecified atom stereocenters. The molecule has 0 radical (unpaired) electrons. The molecule has 1 N–H and O–H groups in total. The van der Waals surface area contributed by atoms with Crippen molar-refractivity contribution in [3.05, 3.63) is 76.0 Å². The van der Waals surface area contributed by atoms with E-state index in [0.717, 1.165) is 11.1 Å². The second kappa shape index (κ2) is 9.11. The monoisotopic (exact) mass is 460 g/mol. The lowest BCUT2D eigenvalue weighted by Gasteiger charge is -2.32. The van der Waals surface area contributed by atoms with Gasteiger partial charge in [0.2, 0.25) is 0 Å². The van der Waals surface area contributed by atoms with Crippen LogP contribution in [0.15, 0.2) is 54.3 Å². The minimum absolute atomic E-state index is 0.00629. The predicted molar refractivity (Wildman–Crippen MR) is 126 cm³/mol. The molecule has 2 amide bonds. The molecule has 1 aliphatic heterocycles. The Morgan fingerprint density at radius 1 is 1.18 bits per heavy atom. The van der Waals surface area contributed by atoms with E-state index in [1.165, 1.54) is 4.88 Å². The fourth-order valence-corrected chi connectivity index (χ4v) is 4.88. The van der Waals surface area contributed by atoms with Crippen LogP contribution in [0.3, 0.4) is 0 Å². The SMILES string of the molecule is Cc1cc(C(=O)NC2CCN(C(=O)c3ccncc3)CC2)c2cnn(Cc3cccs3)c2n1. The first kappa shape index (κ1) is 21.3. The minimum Gasteiger partial charge on any atom is -0.349 e. The third kappa shape index (κ3) is 4.49. The molecule has 4 aromatic heterocycles. The smallest absolute Gasteiger partial charge is 0.253 e. The second-order valence-corrected chi connectivity index (χ2v) is 9.24. The lowest BCUT2D eigenvalue weighted by atomic mass is 10.0. The van der Waals surface area contributed by atoms with E-state index in [1.807, 2.05) is 34.0 Å². The summed E-state index contributed by atoms with van der Waals surface area (Å²) in [4.78, 5) is 37.5. The van der Waals surface area contributed by atoms with Crippen molar-refractivity contribution < 1.29 is 9.59 Å². The van der Waals surface area contributed by atoms with Crippen LogP contribution in [0.1, 0.15) is 44.1 Å². The normalized spacial score (nSPS) is 14.5. The number of hydrogen-bond acceptors (Lipinski definition) is 6. The van der Waals surface area contributed by atoms with Crippen molar-refractivity contribution >= 4 is 34.2 Å². The van der Waals surface area contributed by atoms with Crippen molar-refractivity contribution in [1.29, 1.82) is 0 Å².